The van der Waals surface area contributed by atoms with E-state index in [1.54, 1.807) is 4.90 Å². The lowest BCUT2D eigenvalue weighted by atomic mass is 9.99. The molecule has 2 heterocycles. The monoisotopic (exact) mass is 269 g/mol. The van der Waals surface area contributed by atoms with Crippen LogP contribution in [0.1, 0.15) is 12.8 Å². The average molecular weight is 269 g/mol. The fraction of sp³-hybridized carbons (Fsp3) is 0.846. The maximum absolute atomic E-state index is 12.1. The van der Waals surface area contributed by atoms with Gasteiger partial charge in [-0.05, 0) is 25.9 Å². The molecule has 108 valence electrons. The Morgan fingerprint density at radius 2 is 2.11 bits per heavy atom. The highest BCUT2D eigenvalue weighted by Crippen LogP contribution is 2.27. The third kappa shape index (κ3) is 3.00. The average Bonchev–Trinajstić information content (AvgIpc) is 2.93. The largest absolute Gasteiger partial charge is 0.469 e. The van der Waals surface area contributed by atoms with E-state index in [1.807, 2.05) is 11.9 Å². The molecule has 6 nitrogen and oxygen atoms in total. The van der Waals surface area contributed by atoms with Crippen molar-refractivity contribution in [3.8, 4) is 0 Å². The molecule has 6 heteroatoms. The fourth-order valence-electron chi connectivity index (χ4n) is 3.06. The third-order valence-electron chi connectivity index (χ3n) is 4.26. The number of hydrogen-bond acceptors (Lipinski definition) is 4. The number of carbonyl (C=O) groups excluding carboxylic acids is 2. The predicted octanol–water partition coefficient (Wildman–Crippen LogP) is 0.237. The Morgan fingerprint density at radius 3 is 2.68 bits per heavy atom. The third-order valence-corrected chi connectivity index (χ3v) is 4.26. The molecule has 0 aromatic rings. The van der Waals surface area contributed by atoms with Gasteiger partial charge in [0.15, 0.2) is 0 Å². The van der Waals surface area contributed by atoms with Gasteiger partial charge in [0.25, 0.3) is 0 Å². The Bertz CT molecular complexity index is 361. The zero-order valence-corrected chi connectivity index (χ0v) is 12.0. The van der Waals surface area contributed by atoms with Crippen molar-refractivity contribution in [2.45, 2.75) is 18.9 Å². The van der Waals surface area contributed by atoms with E-state index in [1.165, 1.54) is 7.11 Å². The SMILES string of the molecule is COC(=O)CCN1CC(C2CCN(C)C2)N(C)C1=O. The van der Waals surface area contributed by atoms with Crippen LogP contribution in [0.25, 0.3) is 0 Å². The van der Waals surface area contributed by atoms with Crippen molar-refractivity contribution >= 4 is 12.0 Å². The lowest BCUT2D eigenvalue weighted by Crippen LogP contribution is -2.37. The molecule has 0 aromatic heterocycles. The van der Waals surface area contributed by atoms with E-state index in [0.29, 0.717) is 12.5 Å². The first-order valence-electron chi connectivity index (χ1n) is 6.80. The molecule has 2 rings (SSSR count). The summed E-state index contributed by atoms with van der Waals surface area (Å²) in [6, 6.07) is 0.304. The molecule has 2 amide bonds. The number of esters is 1. The molecule has 2 aliphatic heterocycles. The van der Waals surface area contributed by atoms with Crippen molar-refractivity contribution in [1.29, 1.82) is 0 Å². The molecule has 2 saturated heterocycles. The summed E-state index contributed by atoms with van der Waals surface area (Å²) in [6.45, 7) is 3.33. The standard InChI is InChI=1S/C13H23N3O3/c1-14-6-4-10(8-14)11-9-16(13(18)15(11)2)7-5-12(17)19-3/h10-11H,4-9H2,1-3H3. The molecule has 0 aromatic carbocycles. The van der Waals surface area contributed by atoms with Crippen LogP contribution in [0.2, 0.25) is 0 Å². The molecule has 19 heavy (non-hydrogen) atoms. The molecule has 2 fully saturated rings. The van der Waals surface area contributed by atoms with Crippen LogP contribution in [0.5, 0.6) is 0 Å². The number of hydrogen-bond donors (Lipinski definition) is 0. The smallest absolute Gasteiger partial charge is 0.320 e. The number of likely N-dealkylation sites (N-methyl/N-ethyl adjacent to an activating group) is 1. The second kappa shape index (κ2) is 5.77. The lowest BCUT2D eigenvalue weighted by molar-refractivity contribution is -0.140. The minimum absolute atomic E-state index is 0.0310. The Morgan fingerprint density at radius 1 is 1.37 bits per heavy atom. The topological polar surface area (TPSA) is 53.1 Å². The number of amides is 2. The summed E-state index contributed by atoms with van der Waals surface area (Å²) in [7, 11) is 5.35. The molecule has 0 spiro atoms. The van der Waals surface area contributed by atoms with Crippen LogP contribution < -0.4 is 0 Å². The molecule has 0 N–H and O–H groups in total. The van der Waals surface area contributed by atoms with E-state index in [9.17, 15) is 9.59 Å². The minimum Gasteiger partial charge on any atom is -0.469 e. The number of rotatable bonds is 4. The quantitative estimate of drug-likeness (QED) is 0.686. The fourth-order valence-corrected chi connectivity index (χ4v) is 3.06. The molecule has 0 radical (unpaired) electrons. The molecular weight excluding hydrogens is 246 g/mol. The zero-order chi connectivity index (χ0) is 14.0. The van der Waals surface area contributed by atoms with Gasteiger partial charge in [-0.25, -0.2) is 4.79 Å². The first-order valence-corrected chi connectivity index (χ1v) is 6.80. The molecule has 2 unspecified atom stereocenters. The zero-order valence-electron chi connectivity index (χ0n) is 12.0. The Labute approximate surface area is 114 Å². The highest BCUT2D eigenvalue weighted by Gasteiger charge is 2.40. The van der Waals surface area contributed by atoms with Crippen LogP contribution >= 0.6 is 0 Å². The number of methoxy groups -OCH3 is 1. The van der Waals surface area contributed by atoms with E-state index >= 15 is 0 Å². The molecule has 0 bridgehead atoms. The first kappa shape index (κ1) is 14.1. The van der Waals surface area contributed by atoms with Crippen LogP contribution in [-0.4, -0.2) is 80.1 Å². The van der Waals surface area contributed by atoms with Crippen LogP contribution in [0.15, 0.2) is 0 Å². The summed E-state index contributed by atoms with van der Waals surface area (Å²) in [4.78, 5) is 29.2. The number of carbonyl (C=O) groups is 2. The number of likely N-dealkylation sites (tertiary alicyclic amines) is 1. The summed E-state index contributed by atoms with van der Waals surface area (Å²) in [5, 5.41) is 0. The van der Waals surface area contributed by atoms with E-state index in [4.69, 9.17) is 0 Å². The van der Waals surface area contributed by atoms with Crippen molar-refractivity contribution in [2.75, 3.05) is 47.4 Å². The minimum atomic E-state index is -0.264. The van der Waals surface area contributed by atoms with Gasteiger partial charge < -0.3 is 19.4 Å². The van der Waals surface area contributed by atoms with Gasteiger partial charge in [0.1, 0.15) is 0 Å². The Kier molecular flexibility index (Phi) is 4.29. The number of urea groups is 1. The van der Waals surface area contributed by atoms with Gasteiger partial charge in [-0.1, -0.05) is 0 Å². The van der Waals surface area contributed by atoms with Crippen molar-refractivity contribution in [3.63, 3.8) is 0 Å². The molecule has 2 atom stereocenters. The highest BCUT2D eigenvalue weighted by atomic mass is 16.5. The van der Waals surface area contributed by atoms with Crippen LogP contribution in [0.4, 0.5) is 4.79 Å². The Balaban J connectivity index is 1.91. The number of ether oxygens (including phenoxy) is 1. The van der Waals surface area contributed by atoms with Crippen molar-refractivity contribution in [2.24, 2.45) is 5.92 Å². The van der Waals surface area contributed by atoms with Gasteiger partial charge in [0.2, 0.25) is 0 Å². The van der Waals surface area contributed by atoms with E-state index in [0.717, 1.165) is 26.1 Å². The van der Waals surface area contributed by atoms with Crippen LogP contribution in [0.3, 0.4) is 0 Å². The van der Waals surface area contributed by atoms with Gasteiger partial charge in [-0.15, -0.1) is 0 Å². The van der Waals surface area contributed by atoms with Gasteiger partial charge >= 0.3 is 12.0 Å². The molecular formula is C13H23N3O3. The van der Waals surface area contributed by atoms with Crippen molar-refractivity contribution < 1.29 is 14.3 Å². The molecule has 0 saturated carbocycles. The summed E-state index contributed by atoms with van der Waals surface area (Å²) in [5.74, 6) is 0.279. The van der Waals surface area contributed by atoms with Crippen molar-refractivity contribution in [1.82, 2.24) is 14.7 Å². The predicted molar refractivity (Wildman–Crippen MR) is 70.8 cm³/mol. The van der Waals surface area contributed by atoms with Gasteiger partial charge in [-0.2, -0.15) is 0 Å². The van der Waals surface area contributed by atoms with Gasteiger partial charge in [-0.3, -0.25) is 4.79 Å². The second-order valence-electron chi connectivity index (χ2n) is 5.54. The van der Waals surface area contributed by atoms with E-state index in [2.05, 4.69) is 16.7 Å². The summed E-state index contributed by atoms with van der Waals surface area (Å²) in [5.41, 5.74) is 0. The van der Waals surface area contributed by atoms with Crippen molar-refractivity contribution in [3.05, 3.63) is 0 Å². The lowest BCUT2D eigenvalue weighted by Gasteiger charge is -2.23. The van der Waals surface area contributed by atoms with E-state index in [-0.39, 0.29) is 24.5 Å². The second-order valence-corrected chi connectivity index (χ2v) is 5.54. The van der Waals surface area contributed by atoms with E-state index < -0.39 is 0 Å². The van der Waals surface area contributed by atoms with Gasteiger partial charge in [0, 0.05) is 26.7 Å². The van der Waals surface area contributed by atoms with Gasteiger partial charge in [0.05, 0.1) is 19.6 Å². The maximum atomic E-state index is 12.1. The first-order chi connectivity index (χ1) is 9.02. The summed E-state index contributed by atoms with van der Waals surface area (Å²) >= 11 is 0. The van der Waals surface area contributed by atoms with Crippen LogP contribution in [-0.2, 0) is 9.53 Å². The Hall–Kier alpha value is -1.30. The maximum Gasteiger partial charge on any atom is 0.320 e. The summed E-state index contributed by atoms with van der Waals surface area (Å²) in [6.07, 6.45) is 1.41. The normalized spacial score (nSPS) is 28.3. The number of nitrogens with zero attached hydrogens (tertiary/aromatic N) is 3. The van der Waals surface area contributed by atoms with Crippen LogP contribution in [0, 0.1) is 5.92 Å². The highest BCUT2D eigenvalue weighted by molar-refractivity contribution is 5.78. The molecule has 0 aliphatic carbocycles. The summed E-state index contributed by atoms with van der Waals surface area (Å²) < 4.78 is 4.62. The molecule has 2 aliphatic rings.